The van der Waals surface area contributed by atoms with E-state index >= 15 is 0 Å². The van der Waals surface area contributed by atoms with Crippen LogP contribution in [-0.4, -0.2) is 48.9 Å². The summed E-state index contributed by atoms with van der Waals surface area (Å²) in [6, 6.07) is 0.0446. The van der Waals surface area contributed by atoms with E-state index in [2.05, 4.69) is 5.32 Å². The fraction of sp³-hybridized carbons (Fsp3) is 0.778. The lowest BCUT2D eigenvalue weighted by Crippen LogP contribution is -2.50. The van der Waals surface area contributed by atoms with Crippen molar-refractivity contribution in [1.29, 1.82) is 0 Å². The summed E-state index contributed by atoms with van der Waals surface area (Å²) in [7, 11) is 0. The van der Waals surface area contributed by atoms with Crippen LogP contribution in [0.4, 0.5) is 9.59 Å². The van der Waals surface area contributed by atoms with Crippen LogP contribution >= 0.6 is 0 Å². The van der Waals surface area contributed by atoms with Crippen LogP contribution in [0, 0.1) is 0 Å². The number of nitrogens with one attached hydrogen (secondary N) is 1. The number of carbonyl (C=O) groups is 2. The van der Waals surface area contributed by atoms with Crippen molar-refractivity contribution in [2.24, 2.45) is 0 Å². The monoisotopic (exact) mass is 214 g/mol. The number of amides is 2. The molecule has 6 nitrogen and oxygen atoms in total. The lowest BCUT2D eigenvalue weighted by Gasteiger charge is -2.31. The fourth-order valence-electron chi connectivity index (χ4n) is 1.90. The predicted molar refractivity (Wildman–Crippen MR) is 50.4 cm³/mol. The molecule has 6 heteroatoms. The molecule has 2 heterocycles. The van der Waals surface area contributed by atoms with Gasteiger partial charge in [-0.1, -0.05) is 0 Å². The summed E-state index contributed by atoms with van der Waals surface area (Å²) < 4.78 is 9.91. The van der Waals surface area contributed by atoms with Gasteiger partial charge in [-0.25, -0.2) is 9.59 Å². The average Bonchev–Trinajstić information content (AvgIpc) is 2.57. The molecular weight excluding hydrogens is 200 g/mol. The average molecular weight is 214 g/mol. The normalized spacial score (nSPS) is 29.1. The van der Waals surface area contributed by atoms with Crippen molar-refractivity contribution in [2.75, 3.05) is 19.7 Å². The number of piperidine rings is 1. The molecule has 0 unspecified atom stereocenters. The van der Waals surface area contributed by atoms with Gasteiger partial charge in [-0.05, 0) is 13.3 Å². The number of hydrogen-bond donors (Lipinski definition) is 1. The van der Waals surface area contributed by atoms with Crippen LogP contribution < -0.4 is 5.32 Å². The van der Waals surface area contributed by atoms with E-state index < -0.39 is 6.09 Å². The van der Waals surface area contributed by atoms with Crippen molar-refractivity contribution in [2.45, 2.75) is 25.5 Å². The minimum atomic E-state index is -0.393. The van der Waals surface area contributed by atoms with Gasteiger partial charge in [0, 0.05) is 6.54 Å². The van der Waals surface area contributed by atoms with Crippen molar-refractivity contribution >= 4 is 12.2 Å². The second-order valence-corrected chi connectivity index (χ2v) is 3.63. The van der Waals surface area contributed by atoms with Crippen LogP contribution in [0.1, 0.15) is 13.3 Å². The Labute approximate surface area is 87.5 Å². The molecule has 0 spiro atoms. The number of hydrogen-bond acceptors (Lipinski definition) is 4. The summed E-state index contributed by atoms with van der Waals surface area (Å²) in [5.41, 5.74) is 0. The van der Waals surface area contributed by atoms with Gasteiger partial charge in [-0.3, -0.25) is 0 Å². The molecule has 15 heavy (non-hydrogen) atoms. The third kappa shape index (κ3) is 1.98. The Bertz CT molecular complexity index is 281. The molecule has 0 aromatic rings. The van der Waals surface area contributed by atoms with Gasteiger partial charge >= 0.3 is 12.2 Å². The first-order valence-electron chi connectivity index (χ1n) is 5.09. The summed E-state index contributed by atoms with van der Waals surface area (Å²) in [5.74, 6) is 0. The number of carbonyl (C=O) groups excluding carboxylic acids is 2. The van der Waals surface area contributed by atoms with Gasteiger partial charge in [0.1, 0.15) is 6.10 Å². The highest BCUT2D eigenvalue weighted by atomic mass is 16.6. The summed E-state index contributed by atoms with van der Waals surface area (Å²) in [4.78, 5) is 23.9. The first-order chi connectivity index (χ1) is 7.20. The number of fused-ring (bicyclic) bond motifs is 1. The molecule has 84 valence electrons. The fourth-order valence-corrected chi connectivity index (χ4v) is 1.90. The molecule has 2 aliphatic rings. The van der Waals surface area contributed by atoms with E-state index in [4.69, 9.17) is 9.47 Å². The van der Waals surface area contributed by atoms with E-state index in [0.29, 0.717) is 19.7 Å². The Morgan fingerprint density at radius 3 is 3.27 bits per heavy atom. The van der Waals surface area contributed by atoms with Crippen molar-refractivity contribution in [3.8, 4) is 0 Å². The topological polar surface area (TPSA) is 67.9 Å². The van der Waals surface area contributed by atoms with Crippen LogP contribution in [0.3, 0.4) is 0 Å². The molecule has 2 fully saturated rings. The SMILES string of the molecule is CCOC(=O)N1CC[C@H]2NC(=O)O[C@H]2C1. The summed E-state index contributed by atoms with van der Waals surface area (Å²) in [6.45, 7) is 3.15. The van der Waals surface area contributed by atoms with Crippen molar-refractivity contribution < 1.29 is 19.1 Å². The molecule has 2 rings (SSSR count). The molecule has 0 aromatic carbocycles. The van der Waals surface area contributed by atoms with E-state index in [9.17, 15) is 9.59 Å². The van der Waals surface area contributed by atoms with Gasteiger partial charge in [0.2, 0.25) is 0 Å². The van der Waals surface area contributed by atoms with Crippen molar-refractivity contribution in [1.82, 2.24) is 10.2 Å². The van der Waals surface area contributed by atoms with Gasteiger partial charge in [-0.2, -0.15) is 0 Å². The number of rotatable bonds is 1. The Balaban J connectivity index is 1.92. The Hall–Kier alpha value is -1.46. The standard InChI is InChI=1S/C9H14N2O4/c1-2-14-9(13)11-4-3-6-7(5-11)15-8(12)10-6/h6-7H,2-5H2,1H3,(H,10,12)/t6-,7+/m1/s1. The third-order valence-electron chi connectivity index (χ3n) is 2.65. The Morgan fingerprint density at radius 2 is 2.53 bits per heavy atom. The smallest absolute Gasteiger partial charge is 0.409 e. The maximum Gasteiger partial charge on any atom is 0.409 e. The van der Waals surface area contributed by atoms with E-state index in [-0.39, 0.29) is 18.2 Å². The molecule has 0 aromatic heterocycles. The highest BCUT2D eigenvalue weighted by molar-refractivity contribution is 5.71. The lowest BCUT2D eigenvalue weighted by atomic mass is 10.0. The van der Waals surface area contributed by atoms with Crippen molar-refractivity contribution in [3.63, 3.8) is 0 Å². The number of nitrogens with zero attached hydrogens (tertiary/aromatic N) is 1. The number of likely N-dealkylation sites (tertiary alicyclic amines) is 1. The zero-order chi connectivity index (χ0) is 10.8. The molecule has 0 saturated carbocycles. The van der Waals surface area contributed by atoms with E-state index in [1.54, 1.807) is 11.8 Å². The second kappa shape index (κ2) is 3.96. The van der Waals surface area contributed by atoms with E-state index in [1.165, 1.54) is 0 Å². The minimum absolute atomic E-state index is 0.0446. The van der Waals surface area contributed by atoms with Crippen LogP contribution in [0.25, 0.3) is 0 Å². The highest BCUT2D eigenvalue weighted by Crippen LogP contribution is 2.19. The zero-order valence-electron chi connectivity index (χ0n) is 8.56. The van der Waals surface area contributed by atoms with Crippen LogP contribution in [0.15, 0.2) is 0 Å². The Kier molecular flexibility index (Phi) is 2.66. The summed E-state index contributed by atoms with van der Waals surface area (Å²) in [5, 5.41) is 2.71. The van der Waals surface area contributed by atoms with E-state index in [1.807, 2.05) is 0 Å². The predicted octanol–water partition coefficient (Wildman–Crippen LogP) is 0.326. The summed E-state index contributed by atoms with van der Waals surface area (Å²) >= 11 is 0. The van der Waals surface area contributed by atoms with Crippen LogP contribution in [0.5, 0.6) is 0 Å². The molecule has 0 radical (unpaired) electrons. The molecule has 1 N–H and O–H groups in total. The maximum atomic E-state index is 11.4. The summed E-state index contributed by atoms with van der Waals surface area (Å²) in [6.07, 6.45) is -0.236. The molecule has 2 atom stereocenters. The first kappa shape index (κ1) is 10.1. The largest absolute Gasteiger partial charge is 0.450 e. The minimum Gasteiger partial charge on any atom is -0.450 e. The van der Waals surface area contributed by atoms with Crippen molar-refractivity contribution in [3.05, 3.63) is 0 Å². The van der Waals surface area contributed by atoms with Crippen LogP contribution in [-0.2, 0) is 9.47 Å². The third-order valence-corrected chi connectivity index (χ3v) is 2.65. The van der Waals surface area contributed by atoms with Gasteiger partial charge < -0.3 is 19.7 Å². The lowest BCUT2D eigenvalue weighted by molar-refractivity contribution is 0.0522. The molecule has 2 saturated heterocycles. The first-order valence-corrected chi connectivity index (χ1v) is 5.09. The van der Waals surface area contributed by atoms with Gasteiger partial charge in [-0.15, -0.1) is 0 Å². The Morgan fingerprint density at radius 1 is 1.73 bits per heavy atom. The molecule has 0 bridgehead atoms. The second-order valence-electron chi connectivity index (χ2n) is 3.63. The number of ether oxygens (including phenoxy) is 2. The quantitative estimate of drug-likeness (QED) is 0.682. The molecule has 2 aliphatic heterocycles. The maximum absolute atomic E-state index is 11.4. The van der Waals surface area contributed by atoms with Crippen LogP contribution in [0.2, 0.25) is 0 Å². The molecule has 2 amide bonds. The zero-order valence-corrected chi connectivity index (χ0v) is 8.56. The number of alkyl carbamates (subject to hydrolysis) is 1. The molecular formula is C9H14N2O4. The van der Waals surface area contributed by atoms with Gasteiger partial charge in [0.05, 0.1) is 19.2 Å². The van der Waals surface area contributed by atoms with Gasteiger partial charge in [0.25, 0.3) is 0 Å². The highest BCUT2D eigenvalue weighted by Gasteiger charge is 2.40. The molecule has 0 aliphatic carbocycles. The van der Waals surface area contributed by atoms with Gasteiger partial charge in [0.15, 0.2) is 0 Å². The van der Waals surface area contributed by atoms with E-state index in [0.717, 1.165) is 6.42 Å².